The smallest absolute Gasteiger partial charge is 0.257 e. The van der Waals surface area contributed by atoms with Gasteiger partial charge in [-0.25, -0.2) is 4.98 Å². The molecule has 0 aliphatic carbocycles. The minimum Gasteiger partial charge on any atom is -0.431 e. The minimum absolute atomic E-state index is 0.100. The number of nitrogens with one attached hydrogen (secondary N) is 1. The highest BCUT2D eigenvalue weighted by Crippen LogP contribution is 2.35. The normalized spacial score (nSPS) is 10.6. The van der Waals surface area contributed by atoms with E-state index in [0.717, 1.165) is 22.5 Å². The van der Waals surface area contributed by atoms with E-state index in [2.05, 4.69) is 10.3 Å². The summed E-state index contributed by atoms with van der Waals surface area (Å²) in [6.45, 7) is 0. The van der Waals surface area contributed by atoms with E-state index in [0.29, 0.717) is 11.0 Å². The van der Waals surface area contributed by atoms with Gasteiger partial charge in [0, 0.05) is 16.8 Å². The predicted octanol–water partition coefficient (Wildman–Crippen LogP) is 5.74. The van der Waals surface area contributed by atoms with Crippen molar-refractivity contribution in [1.29, 1.82) is 0 Å². The van der Waals surface area contributed by atoms with E-state index in [1.54, 1.807) is 0 Å². The van der Waals surface area contributed by atoms with E-state index in [1.165, 1.54) is 11.8 Å². The zero-order valence-electron chi connectivity index (χ0n) is 15.0. The van der Waals surface area contributed by atoms with E-state index >= 15 is 0 Å². The molecule has 0 radical (unpaired) electrons. The van der Waals surface area contributed by atoms with Crippen LogP contribution in [0.4, 0.5) is 5.69 Å². The number of oxazole rings is 1. The summed E-state index contributed by atoms with van der Waals surface area (Å²) in [5.74, 6) is 0.826. The Hall–Kier alpha value is -3.31. The molecule has 4 aromatic rings. The van der Waals surface area contributed by atoms with E-state index in [1.807, 2.05) is 91.0 Å². The summed E-state index contributed by atoms with van der Waals surface area (Å²) in [4.78, 5) is 16.9. The number of hydrogen-bond acceptors (Lipinski definition) is 4. The van der Waals surface area contributed by atoms with Crippen LogP contribution in [-0.2, 0) is 4.79 Å². The highest BCUT2D eigenvalue weighted by molar-refractivity contribution is 7.99. The van der Waals surface area contributed by atoms with Crippen molar-refractivity contribution in [2.24, 2.45) is 0 Å². The Kier molecular flexibility index (Phi) is 5.54. The number of carbonyl (C=O) groups excluding carboxylic acids is 1. The molecular formula is C23H18N2O2S. The summed E-state index contributed by atoms with van der Waals surface area (Å²) in [6, 6.07) is 29.2. The first-order valence-electron chi connectivity index (χ1n) is 8.89. The van der Waals surface area contributed by atoms with Crippen LogP contribution >= 0.6 is 11.8 Å². The molecular weight excluding hydrogens is 368 g/mol. The fraction of sp³-hybridized carbons (Fsp3) is 0.0435. The van der Waals surface area contributed by atoms with Crippen LogP contribution in [0.15, 0.2) is 101 Å². The molecule has 138 valence electrons. The van der Waals surface area contributed by atoms with Crippen LogP contribution in [0.3, 0.4) is 0 Å². The van der Waals surface area contributed by atoms with E-state index in [-0.39, 0.29) is 11.7 Å². The van der Waals surface area contributed by atoms with Crippen LogP contribution in [-0.4, -0.2) is 16.6 Å². The number of benzene rings is 3. The molecule has 5 heteroatoms. The van der Waals surface area contributed by atoms with Crippen LogP contribution in [0.2, 0.25) is 0 Å². The fourth-order valence-corrected chi connectivity index (χ4v) is 3.41. The maximum Gasteiger partial charge on any atom is 0.257 e. The summed E-state index contributed by atoms with van der Waals surface area (Å²) in [7, 11) is 0. The molecule has 1 aromatic heterocycles. The molecule has 1 heterocycles. The van der Waals surface area contributed by atoms with Gasteiger partial charge in [0.05, 0.1) is 5.75 Å². The highest BCUT2D eigenvalue weighted by atomic mass is 32.2. The molecule has 28 heavy (non-hydrogen) atoms. The highest BCUT2D eigenvalue weighted by Gasteiger charge is 2.17. The molecule has 0 atom stereocenters. The van der Waals surface area contributed by atoms with Gasteiger partial charge in [-0.05, 0) is 12.1 Å². The number of rotatable bonds is 6. The molecule has 1 N–H and O–H groups in total. The summed E-state index contributed by atoms with van der Waals surface area (Å²) in [6.07, 6.45) is 0. The first-order valence-corrected chi connectivity index (χ1v) is 9.87. The van der Waals surface area contributed by atoms with Gasteiger partial charge in [0.15, 0.2) is 5.76 Å². The van der Waals surface area contributed by atoms with Crippen molar-refractivity contribution in [3.63, 3.8) is 0 Å². The SMILES string of the molecule is O=C(CSc1nc(-c2ccccc2)c(-c2ccccc2)o1)Nc1ccccc1. The van der Waals surface area contributed by atoms with Gasteiger partial charge >= 0.3 is 0 Å². The number of para-hydroxylation sites is 1. The van der Waals surface area contributed by atoms with Crippen molar-refractivity contribution >= 4 is 23.4 Å². The Labute approximate surface area is 167 Å². The maximum atomic E-state index is 12.2. The molecule has 0 bridgehead atoms. The predicted molar refractivity (Wildman–Crippen MR) is 113 cm³/mol. The molecule has 0 saturated heterocycles. The molecule has 0 saturated carbocycles. The average Bonchev–Trinajstić information content (AvgIpc) is 3.19. The molecule has 0 spiro atoms. The van der Waals surface area contributed by atoms with Crippen molar-refractivity contribution in [3.05, 3.63) is 91.0 Å². The molecule has 0 unspecified atom stereocenters. The molecule has 1 amide bonds. The van der Waals surface area contributed by atoms with Gasteiger partial charge in [-0.2, -0.15) is 0 Å². The zero-order chi connectivity index (χ0) is 19.2. The zero-order valence-corrected chi connectivity index (χ0v) is 15.9. The molecule has 0 aliphatic heterocycles. The van der Waals surface area contributed by atoms with Crippen LogP contribution in [0.1, 0.15) is 0 Å². The second-order valence-electron chi connectivity index (χ2n) is 6.09. The summed E-state index contributed by atoms with van der Waals surface area (Å²) in [5.41, 5.74) is 3.48. The summed E-state index contributed by atoms with van der Waals surface area (Å²) < 4.78 is 6.03. The van der Waals surface area contributed by atoms with Gasteiger partial charge < -0.3 is 9.73 Å². The lowest BCUT2D eigenvalue weighted by Gasteiger charge is -2.03. The number of nitrogens with zero attached hydrogens (tertiary/aromatic N) is 1. The number of hydrogen-bond donors (Lipinski definition) is 1. The summed E-state index contributed by atoms with van der Waals surface area (Å²) >= 11 is 1.28. The van der Waals surface area contributed by atoms with Gasteiger partial charge in [-0.15, -0.1) is 0 Å². The molecule has 0 aliphatic rings. The lowest BCUT2D eigenvalue weighted by Crippen LogP contribution is -2.13. The molecule has 0 fully saturated rings. The quantitative estimate of drug-likeness (QED) is 0.429. The fourth-order valence-electron chi connectivity index (χ4n) is 2.78. The Morgan fingerprint density at radius 1 is 0.821 bits per heavy atom. The Morgan fingerprint density at radius 2 is 1.39 bits per heavy atom. The maximum absolute atomic E-state index is 12.2. The number of carbonyl (C=O) groups is 1. The third-order valence-corrected chi connectivity index (χ3v) is 4.90. The first kappa shape index (κ1) is 18.1. The van der Waals surface area contributed by atoms with Crippen LogP contribution in [0.5, 0.6) is 0 Å². The Morgan fingerprint density at radius 3 is 2.04 bits per heavy atom. The van der Waals surface area contributed by atoms with Crippen molar-refractivity contribution in [3.8, 4) is 22.6 Å². The van der Waals surface area contributed by atoms with Crippen molar-refractivity contribution < 1.29 is 9.21 Å². The average molecular weight is 386 g/mol. The van der Waals surface area contributed by atoms with Crippen molar-refractivity contribution in [1.82, 2.24) is 4.98 Å². The third-order valence-electron chi connectivity index (χ3n) is 4.08. The number of amides is 1. The monoisotopic (exact) mass is 386 g/mol. The Bertz CT molecular complexity index is 991. The topological polar surface area (TPSA) is 55.1 Å². The Balaban J connectivity index is 1.55. The molecule has 4 rings (SSSR count). The van der Waals surface area contributed by atoms with Crippen molar-refractivity contribution in [2.45, 2.75) is 5.22 Å². The minimum atomic E-state index is -0.100. The van der Waals surface area contributed by atoms with Crippen LogP contribution < -0.4 is 5.32 Å². The van der Waals surface area contributed by atoms with Crippen molar-refractivity contribution in [2.75, 3.05) is 11.1 Å². The lowest BCUT2D eigenvalue weighted by molar-refractivity contribution is -0.113. The van der Waals surface area contributed by atoms with E-state index in [4.69, 9.17) is 4.42 Å². The van der Waals surface area contributed by atoms with Gasteiger partial charge in [0.25, 0.3) is 5.22 Å². The second-order valence-corrected chi connectivity index (χ2v) is 7.02. The number of thioether (sulfide) groups is 1. The van der Waals surface area contributed by atoms with E-state index < -0.39 is 0 Å². The molecule has 3 aromatic carbocycles. The number of aromatic nitrogens is 1. The van der Waals surface area contributed by atoms with Crippen LogP contribution in [0, 0.1) is 0 Å². The largest absolute Gasteiger partial charge is 0.431 e. The van der Waals surface area contributed by atoms with Gasteiger partial charge in [-0.1, -0.05) is 90.6 Å². The lowest BCUT2D eigenvalue weighted by atomic mass is 10.1. The standard InChI is InChI=1S/C23H18N2O2S/c26-20(24-19-14-8-3-9-15-19)16-28-23-25-21(17-10-4-1-5-11-17)22(27-23)18-12-6-2-7-13-18/h1-15H,16H2,(H,24,26). The van der Waals surface area contributed by atoms with Gasteiger partial charge in [-0.3, -0.25) is 4.79 Å². The van der Waals surface area contributed by atoms with E-state index in [9.17, 15) is 4.79 Å². The van der Waals surface area contributed by atoms with Gasteiger partial charge in [0.1, 0.15) is 5.69 Å². The first-order chi connectivity index (χ1) is 13.8. The summed E-state index contributed by atoms with van der Waals surface area (Å²) in [5, 5.41) is 3.34. The van der Waals surface area contributed by atoms with Gasteiger partial charge in [0.2, 0.25) is 5.91 Å². The molecule has 4 nitrogen and oxygen atoms in total. The third kappa shape index (κ3) is 4.32. The number of anilines is 1. The van der Waals surface area contributed by atoms with Crippen LogP contribution in [0.25, 0.3) is 22.6 Å². The second kappa shape index (κ2) is 8.59.